The Labute approximate surface area is 148 Å². The highest BCUT2D eigenvalue weighted by Gasteiger charge is 2.28. The third-order valence-electron chi connectivity index (χ3n) is 4.61. The first-order valence-electron chi connectivity index (χ1n) is 8.36. The van der Waals surface area contributed by atoms with Crippen LogP contribution in [0.1, 0.15) is 12.8 Å². The molecule has 136 valence electrons. The van der Waals surface area contributed by atoms with Crippen LogP contribution in [0.15, 0.2) is 24.4 Å². The SMILES string of the molecule is Cn1ncc2c(N3CCC[C@H]3CO)nc(Nc3ccc(F)c(F)c3)nc21. The van der Waals surface area contributed by atoms with E-state index in [2.05, 4.69) is 20.4 Å². The van der Waals surface area contributed by atoms with Crippen LogP contribution >= 0.6 is 0 Å². The lowest BCUT2D eigenvalue weighted by molar-refractivity contribution is 0.266. The average Bonchev–Trinajstić information content (AvgIpc) is 3.25. The molecule has 0 unspecified atom stereocenters. The standard InChI is InChI=1S/C17H18F2N6O/c1-24-15-12(8-20-24)16(25-6-2-3-11(25)9-26)23-17(22-15)21-10-4-5-13(18)14(19)7-10/h4-5,7-8,11,26H,2-3,6,9H2,1H3,(H,21,22,23)/t11-/m0/s1. The van der Waals surface area contributed by atoms with Gasteiger partial charge in [0.25, 0.3) is 0 Å². The number of benzene rings is 1. The minimum atomic E-state index is -0.947. The molecule has 7 nitrogen and oxygen atoms in total. The molecule has 9 heteroatoms. The van der Waals surface area contributed by atoms with Crippen LogP contribution in [0.4, 0.5) is 26.2 Å². The topological polar surface area (TPSA) is 79.1 Å². The van der Waals surface area contributed by atoms with E-state index in [0.717, 1.165) is 36.9 Å². The minimum Gasteiger partial charge on any atom is -0.394 e. The van der Waals surface area contributed by atoms with Crippen molar-refractivity contribution in [2.24, 2.45) is 7.05 Å². The van der Waals surface area contributed by atoms with Gasteiger partial charge in [0.15, 0.2) is 17.3 Å². The highest BCUT2D eigenvalue weighted by molar-refractivity contribution is 5.88. The lowest BCUT2D eigenvalue weighted by Crippen LogP contribution is -2.33. The van der Waals surface area contributed by atoms with E-state index in [1.807, 2.05) is 4.90 Å². The molecule has 1 saturated heterocycles. The summed E-state index contributed by atoms with van der Waals surface area (Å²) >= 11 is 0. The summed E-state index contributed by atoms with van der Waals surface area (Å²) in [5, 5.41) is 17.6. The van der Waals surface area contributed by atoms with E-state index in [0.29, 0.717) is 17.2 Å². The number of aryl methyl sites for hydroxylation is 1. The van der Waals surface area contributed by atoms with Gasteiger partial charge < -0.3 is 15.3 Å². The number of hydrogen-bond donors (Lipinski definition) is 2. The maximum Gasteiger partial charge on any atom is 0.231 e. The van der Waals surface area contributed by atoms with Gasteiger partial charge in [0.1, 0.15) is 5.82 Å². The number of fused-ring (bicyclic) bond motifs is 1. The summed E-state index contributed by atoms with van der Waals surface area (Å²) in [5.41, 5.74) is 0.958. The smallest absolute Gasteiger partial charge is 0.231 e. The third kappa shape index (κ3) is 2.84. The van der Waals surface area contributed by atoms with Crippen molar-refractivity contribution in [1.82, 2.24) is 19.7 Å². The highest BCUT2D eigenvalue weighted by Crippen LogP contribution is 2.31. The molecular formula is C17H18F2N6O. The monoisotopic (exact) mass is 360 g/mol. The average molecular weight is 360 g/mol. The van der Waals surface area contributed by atoms with Crippen molar-refractivity contribution in [2.45, 2.75) is 18.9 Å². The van der Waals surface area contributed by atoms with Gasteiger partial charge in [-0.3, -0.25) is 4.68 Å². The molecule has 0 aliphatic carbocycles. The fourth-order valence-corrected chi connectivity index (χ4v) is 3.29. The first kappa shape index (κ1) is 16.6. The van der Waals surface area contributed by atoms with Gasteiger partial charge in [-0.25, -0.2) is 8.78 Å². The van der Waals surface area contributed by atoms with E-state index in [1.54, 1.807) is 17.9 Å². The van der Waals surface area contributed by atoms with Gasteiger partial charge in [-0.2, -0.15) is 15.1 Å². The molecule has 3 heterocycles. The first-order chi connectivity index (χ1) is 12.6. The van der Waals surface area contributed by atoms with Gasteiger partial charge >= 0.3 is 0 Å². The molecule has 1 atom stereocenters. The molecule has 2 aromatic heterocycles. The number of rotatable bonds is 4. The number of aliphatic hydroxyl groups excluding tert-OH is 1. The summed E-state index contributed by atoms with van der Waals surface area (Å²) in [6, 6.07) is 3.51. The first-order valence-corrected chi connectivity index (χ1v) is 8.36. The maximum atomic E-state index is 13.5. The summed E-state index contributed by atoms with van der Waals surface area (Å²) in [4.78, 5) is 11.0. The fourth-order valence-electron chi connectivity index (χ4n) is 3.29. The van der Waals surface area contributed by atoms with Crippen LogP contribution in [0, 0.1) is 11.6 Å². The lowest BCUT2D eigenvalue weighted by atomic mass is 10.2. The number of halogens is 2. The zero-order chi connectivity index (χ0) is 18.3. The van der Waals surface area contributed by atoms with Gasteiger partial charge in [0.05, 0.1) is 24.2 Å². The van der Waals surface area contributed by atoms with Crippen LogP contribution in [0.3, 0.4) is 0 Å². The maximum absolute atomic E-state index is 13.5. The Morgan fingerprint density at radius 2 is 2.12 bits per heavy atom. The molecule has 0 amide bonds. The Morgan fingerprint density at radius 3 is 2.88 bits per heavy atom. The van der Waals surface area contributed by atoms with Crippen LogP contribution in [0.25, 0.3) is 11.0 Å². The van der Waals surface area contributed by atoms with E-state index in [-0.39, 0.29) is 18.6 Å². The highest BCUT2D eigenvalue weighted by atomic mass is 19.2. The normalized spacial score (nSPS) is 17.2. The van der Waals surface area contributed by atoms with Gasteiger partial charge in [-0.1, -0.05) is 0 Å². The van der Waals surface area contributed by atoms with Gasteiger partial charge in [-0.15, -0.1) is 0 Å². The van der Waals surface area contributed by atoms with Gasteiger partial charge in [0, 0.05) is 25.3 Å². The minimum absolute atomic E-state index is 0.00979. The molecule has 0 spiro atoms. The van der Waals surface area contributed by atoms with Crippen molar-refractivity contribution < 1.29 is 13.9 Å². The Morgan fingerprint density at radius 1 is 1.27 bits per heavy atom. The van der Waals surface area contributed by atoms with E-state index in [9.17, 15) is 13.9 Å². The molecule has 1 aliphatic rings. The van der Waals surface area contributed by atoms with Crippen molar-refractivity contribution >= 4 is 28.5 Å². The number of nitrogens with one attached hydrogen (secondary N) is 1. The molecule has 1 fully saturated rings. The van der Waals surface area contributed by atoms with E-state index < -0.39 is 11.6 Å². The number of nitrogens with zero attached hydrogens (tertiary/aromatic N) is 5. The van der Waals surface area contributed by atoms with Crippen molar-refractivity contribution in [3.8, 4) is 0 Å². The van der Waals surface area contributed by atoms with Crippen molar-refractivity contribution in [2.75, 3.05) is 23.4 Å². The molecule has 0 saturated carbocycles. The molecule has 0 bridgehead atoms. The molecular weight excluding hydrogens is 342 g/mol. The predicted octanol–water partition coefficient (Wildman–Crippen LogP) is 2.35. The molecule has 3 aromatic rings. The number of hydrogen-bond acceptors (Lipinski definition) is 6. The van der Waals surface area contributed by atoms with Crippen LogP contribution in [0.2, 0.25) is 0 Å². The summed E-state index contributed by atoms with van der Waals surface area (Å²) in [6.07, 6.45) is 3.54. The summed E-state index contributed by atoms with van der Waals surface area (Å²) < 4.78 is 28.2. The molecule has 1 aromatic carbocycles. The summed E-state index contributed by atoms with van der Waals surface area (Å²) in [7, 11) is 1.77. The summed E-state index contributed by atoms with van der Waals surface area (Å²) in [6.45, 7) is 0.814. The summed E-state index contributed by atoms with van der Waals surface area (Å²) in [5.74, 6) is -0.936. The second-order valence-corrected chi connectivity index (χ2v) is 6.30. The third-order valence-corrected chi connectivity index (χ3v) is 4.61. The predicted molar refractivity (Wildman–Crippen MR) is 93.4 cm³/mol. The Balaban J connectivity index is 1.78. The Kier molecular flexibility index (Phi) is 4.15. The quantitative estimate of drug-likeness (QED) is 0.744. The molecule has 4 rings (SSSR count). The van der Waals surface area contributed by atoms with Gasteiger partial charge in [-0.05, 0) is 25.0 Å². The zero-order valence-electron chi connectivity index (χ0n) is 14.2. The second-order valence-electron chi connectivity index (χ2n) is 6.30. The zero-order valence-corrected chi connectivity index (χ0v) is 14.2. The van der Waals surface area contributed by atoms with E-state index in [4.69, 9.17) is 0 Å². The van der Waals surface area contributed by atoms with E-state index in [1.165, 1.54) is 6.07 Å². The van der Waals surface area contributed by atoms with Crippen molar-refractivity contribution in [3.05, 3.63) is 36.0 Å². The lowest BCUT2D eigenvalue weighted by Gasteiger charge is -2.25. The number of anilines is 3. The molecule has 26 heavy (non-hydrogen) atoms. The van der Waals surface area contributed by atoms with Crippen molar-refractivity contribution in [3.63, 3.8) is 0 Å². The van der Waals surface area contributed by atoms with Crippen LogP contribution < -0.4 is 10.2 Å². The largest absolute Gasteiger partial charge is 0.394 e. The van der Waals surface area contributed by atoms with Crippen LogP contribution in [-0.2, 0) is 7.05 Å². The van der Waals surface area contributed by atoms with Crippen molar-refractivity contribution in [1.29, 1.82) is 0 Å². The Hall–Kier alpha value is -2.81. The molecule has 2 N–H and O–H groups in total. The number of aromatic nitrogens is 4. The molecule has 0 radical (unpaired) electrons. The fraction of sp³-hybridized carbons (Fsp3) is 0.353. The van der Waals surface area contributed by atoms with Gasteiger partial charge in [0.2, 0.25) is 5.95 Å². The van der Waals surface area contributed by atoms with Crippen LogP contribution in [-0.4, -0.2) is 44.0 Å². The van der Waals surface area contributed by atoms with E-state index >= 15 is 0 Å². The number of aliphatic hydroxyl groups is 1. The van der Waals surface area contributed by atoms with Crippen LogP contribution in [0.5, 0.6) is 0 Å². The second kappa shape index (κ2) is 6.49. The Bertz CT molecular complexity index is 960. The molecule has 1 aliphatic heterocycles.